The van der Waals surface area contributed by atoms with Crippen LogP contribution < -0.4 is 4.90 Å². The third kappa shape index (κ3) is 3.69. The number of amides is 1. The Morgan fingerprint density at radius 3 is 2.45 bits per heavy atom. The van der Waals surface area contributed by atoms with E-state index in [1.807, 2.05) is 49.4 Å². The molecule has 5 heteroatoms. The highest BCUT2D eigenvalue weighted by atomic mass is 79.9. The highest BCUT2D eigenvalue weighted by molar-refractivity contribution is 9.10. The van der Waals surface area contributed by atoms with E-state index in [0.717, 1.165) is 32.6 Å². The van der Waals surface area contributed by atoms with Crippen molar-refractivity contribution in [1.82, 2.24) is 0 Å². The van der Waals surface area contributed by atoms with Gasteiger partial charge in [0, 0.05) is 39.5 Å². The Hall–Kier alpha value is -1.91. The van der Waals surface area contributed by atoms with E-state index < -0.39 is 0 Å². The zero-order valence-electron chi connectivity index (χ0n) is 16.8. The van der Waals surface area contributed by atoms with Crippen molar-refractivity contribution in [2.45, 2.75) is 46.0 Å². The summed E-state index contributed by atoms with van der Waals surface area (Å²) in [6.07, 6.45) is 1.45. The first kappa shape index (κ1) is 20.4. The van der Waals surface area contributed by atoms with Crippen LogP contribution >= 0.6 is 27.5 Å². The zero-order chi connectivity index (χ0) is 20.9. The second-order valence-electron chi connectivity index (χ2n) is 8.72. The Balaban J connectivity index is 1.92. The summed E-state index contributed by atoms with van der Waals surface area (Å²) >= 11 is 9.82. The molecule has 0 aromatic heterocycles. The van der Waals surface area contributed by atoms with Gasteiger partial charge in [0.05, 0.1) is 5.69 Å². The average molecular weight is 473 g/mol. The van der Waals surface area contributed by atoms with Gasteiger partial charge in [0.15, 0.2) is 5.78 Å². The maximum Gasteiger partial charge on any atom is 0.232 e. The fourth-order valence-electron chi connectivity index (χ4n) is 4.51. The number of hydrogen-bond acceptors (Lipinski definition) is 2. The molecule has 0 saturated heterocycles. The van der Waals surface area contributed by atoms with Crippen LogP contribution in [0.4, 0.5) is 5.69 Å². The molecular formula is C24H23BrClNO2. The third-order valence-corrected chi connectivity index (χ3v) is 6.83. The van der Waals surface area contributed by atoms with Gasteiger partial charge in [0.2, 0.25) is 5.91 Å². The Labute approximate surface area is 184 Å². The monoisotopic (exact) mass is 471 g/mol. The minimum atomic E-state index is -0.204. The van der Waals surface area contributed by atoms with E-state index in [-0.39, 0.29) is 29.4 Å². The number of anilines is 1. The lowest BCUT2D eigenvalue weighted by Gasteiger charge is -2.43. The minimum absolute atomic E-state index is 0.00698. The first-order valence-electron chi connectivity index (χ1n) is 9.78. The average Bonchev–Trinajstić information content (AvgIpc) is 2.63. The van der Waals surface area contributed by atoms with E-state index in [0.29, 0.717) is 17.9 Å². The Morgan fingerprint density at radius 2 is 1.76 bits per heavy atom. The summed E-state index contributed by atoms with van der Waals surface area (Å²) < 4.78 is 0.977. The number of nitrogens with zero attached hydrogens (tertiary/aromatic N) is 1. The number of rotatable bonds is 2. The molecule has 2 aliphatic rings. The number of allylic oxidation sites excluding steroid dienone is 2. The van der Waals surface area contributed by atoms with Gasteiger partial charge in [-0.2, -0.15) is 0 Å². The van der Waals surface area contributed by atoms with E-state index in [2.05, 4.69) is 29.8 Å². The van der Waals surface area contributed by atoms with Crippen LogP contribution in [0.15, 0.2) is 58.2 Å². The lowest BCUT2D eigenvalue weighted by molar-refractivity contribution is -0.121. The largest absolute Gasteiger partial charge is 0.294 e. The molecule has 0 saturated carbocycles. The first-order valence-corrected chi connectivity index (χ1v) is 10.9. The van der Waals surface area contributed by atoms with Crippen molar-refractivity contribution in [1.29, 1.82) is 0 Å². The number of Topliss-reactive ketones (excluding diaryl/α,β-unsaturated/α-hetero) is 1. The Kier molecular flexibility index (Phi) is 5.20. The van der Waals surface area contributed by atoms with Crippen molar-refractivity contribution >= 4 is 44.9 Å². The molecular weight excluding hydrogens is 450 g/mol. The molecule has 0 N–H and O–H groups in total. The van der Waals surface area contributed by atoms with Crippen molar-refractivity contribution < 1.29 is 9.59 Å². The smallest absolute Gasteiger partial charge is 0.232 e. The van der Waals surface area contributed by atoms with Crippen molar-refractivity contribution in [3.05, 3.63) is 74.4 Å². The SMILES string of the molecule is Cc1c(Cl)cccc1N1C(=O)CC(c2ccc(Br)cc2)C2=C1CC(C)(C)CC2=O. The fraction of sp³-hybridized carbons (Fsp3) is 0.333. The van der Waals surface area contributed by atoms with Crippen LogP contribution in [0.3, 0.4) is 0 Å². The second-order valence-corrected chi connectivity index (χ2v) is 10.0. The molecule has 4 rings (SSSR count). The molecule has 3 nitrogen and oxygen atoms in total. The molecule has 0 fully saturated rings. The molecule has 0 spiro atoms. The molecule has 0 radical (unpaired) electrons. The van der Waals surface area contributed by atoms with Crippen molar-refractivity contribution in [3.63, 3.8) is 0 Å². The van der Waals surface area contributed by atoms with Gasteiger partial charge in [-0.1, -0.05) is 59.6 Å². The van der Waals surface area contributed by atoms with Gasteiger partial charge in [-0.15, -0.1) is 0 Å². The number of carbonyl (C=O) groups excluding carboxylic acids is 2. The molecule has 1 aliphatic carbocycles. The summed E-state index contributed by atoms with van der Waals surface area (Å²) in [6.45, 7) is 6.10. The van der Waals surface area contributed by atoms with E-state index in [4.69, 9.17) is 11.6 Å². The van der Waals surface area contributed by atoms with Gasteiger partial charge >= 0.3 is 0 Å². The lowest BCUT2D eigenvalue weighted by Crippen LogP contribution is -2.44. The highest BCUT2D eigenvalue weighted by Crippen LogP contribution is 2.48. The summed E-state index contributed by atoms with van der Waals surface area (Å²) in [5.41, 5.74) is 4.06. The van der Waals surface area contributed by atoms with Crippen molar-refractivity contribution in [2.24, 2.45) is 5.41 Å². The van der Waals surface area contributed by atoms with Gasteiger partial charge in [0.1, 0.15) is 0 Å². The van der Waals surface area contributed by atoms with E-state index >= 15 is 0 Å². The molecule has 0 bridgehead atoms. The topological polar surface area (TPSA) is 37.4 Å². The normalized spacial score (nSPS) is 21.4. The summed E-state index contributed by atoms with van der Waals surface area (Å²) in [7, 11) is 0. The van der Waals surface area contributed by atoms with Crippen LogP contribution in [0.1, 0.15) is 50.2 Å². The van der Waals surface area contributed by atoms with Crippen LogP contribution in [-0.4, -0.2) is 11.7 Å². The van der Waals surface area contributed by atoms with Gasteiger partial charge in [-0.05, 0) is 54.2 Å². The number of halogens is 2. The molecule has 2 aromatic carbocycles. The van der Waals surface area contributed by atoms with Crippen LogP contribution in [0.2, 0.25) is 5.02 Å². The van der Waals surface area contributed by atoms with Crippen LogP contribution in [-0.2, 0) is 9.59 Å². The highest BCUT2D eigenvalue weighted by Gasteiger charge is 2.44. The van der Waals surface area contributed by atoms with E-state index in [1.165, 1.54) is 0 Å². The Morgan fingerprint density at radius 1 is 1.07 bits per heavy atom. The molecule has 29 heavy (non-hydrogen) atoms. The minimum Gasteiger partial charge on any atom is -0.294 e. The quantitative estimate of drug-likeness (QED) is 0.495. The third-order valence-electron chi connectivity index (χ3n) is 5.90. The summed E-state index contributed by atoms with van der Waals surface area (Å²) in [5.74, 6) is -0.0566. The van der Waals surface area contributed by atoms with Crippen molar-refractivity contribution in [2.75, 3.05) is 4.90 Å². The van der Waals surface area contributed by atoms with Gasteiger partial charge in [-0.3, -0.25) is 14.5 Å². The van der Waals surface area contributed by atoms with E-state index in [1.54, 1.807) is 4.90 Å². The second kappa shape index (κ2) is 7.41. The maximum absolute atomic E-state index is 13.4. The predicted octanol–water partition coefficient (Wildman–Crippen LogP) is 6.57. The molecule has 2 aromatic rings. The van der Waals surface area contributed by atoms with Gasteiger partial charge < -0.3 is 0 Å². The lowest BCUT2D eigenvalue weighted by atomic mass is 9.69. The summed E-state index contributed by atoms with van der Waals surface area (Å²) in [5, 5.41) is 0.619. The van der Waals surface area contributed by atoms with Crippen molar-refractivity contribution in [3.8, 4) is 0 Å². The summed E-state index contributed by atoms with van der Waals surface area (Å²) in [6, 6.07) is 13.5. The molecule has 1 amide bonds. The summed E-state index contributed by atoms with van der Waals surface area (Å²) in [4.78, 5) is 28.5. The maximum atomic E-state index is 13.4. The number of carbonyl (C=O) groups is 2. The number of hydrogen-bond donors (Lipinski definition) is 0. The molecule has 1 atom stereocenters. The fourth-order valence-corrected chi connectivity index (χ4v) is 4.95. The van der Waals surface area contributed by atoms with Crippen LogP contribution in [0.5, 0.6) is 0 Å². The number of ketones is 1. The standard InChI is InChI=1S/C24H23BrClNO2/c1-14-18(26)5-4-6-19(14)27-20-12-24(2,3)13-21(28)23(20)17(11-22(27)29)15-7-9-16(25)10-8-15/h4-10,17H,11-13H2,1-3H3. The molecule has 150 valence electrons. The van der Waals surface area contributed by atoms with Crippen LogP contribution in [0.25, 0.3) is 0 Å². The molecule has 1 aliphatic heterocycles. The zero-order valence-corrected chi connectivity index (χ0v) is 19.1. The first-order chi connectivity index (χ1) is 13.7. The number of benzene rings is 2. The van der Waals surface area contributed by atoms with Crippen LogP contribution in [0, 0.1) is 12.3 Å². The Bertz CT molecular complexity index is 1040. The molecule has 1 unspecified atom stereocenters. The predicted molar refractivity (Wildman–Crippen MR) is 120 cm³/mol. The van der Waals surface area contributed by atoms with E-state index in [9.17, 15) is 9.59 Å². The van der Waals surface area contributed by atoms with Gasteiger partial charge in [0.25, 0.3) is 0 Å². The molecule has 1 heterocycles. The van der Waals surface area contributed by atoms with Gasteiger partial charge in [-0.25, -0.2) is 0 Å².